The molecule has 2 nitrogen and oxygen atoms in total. The number of ether oxygens (including phenoxy) is 1. The normalized spacial score (nSPS) is 27.0. The molecule has 0 radical (unpaired) electrons. The Morgan fingerprint density at radius 3 is 2.48 bits per heavy atom. The molecule has 3 heteroatoms. The van der Waals surface area contributed by atoms with E-state index in [1.54, 1.807) is 0 Å². The maximum atomic E-state index is 13.4. The van der Waals surface area contributed by atoms with Crippen LogP contribution in [-0.2, 0) is 4.74 Å². The molecule has 2 aromatic rings. The summed E-state index contributed by atoms with van der Waals surface area (Å²) in [6, 6.07) is 18.1. The maximum absolute atomic E-state index is 13.4. The predicted molar refractivity (Wildman–Crippen MR) is 103 cm³/mol. The van der Waals surface area contributed by atoms with Crippen LogP contribution in [0.2, 0.25) is 0 Å². The van der Waals surface area contributed by atoms with Crippen LogP contribution >= 0.6 is 15.9 Å². The molecule has 1 aliphatic heterocycles. The molecular weight excluding hydrogens is 376 g/mol. The lowest BCUT2D eigenvalue weighted by atomic mass is 9.78. The fourth-order valence-corrected chi connectivity index (χ4v) is 4.76. The van der Waals surface area contributed by atoms with E-state index in [2.05, 4.69) is 48.0 Å². The molecule has 1 aliphatic carbocycles. The average Bonchev–Trinajstić information content (AvgIpc) is 3.13. The van der Waals surface area contributed by atoms with Gasteiger partial charge in [0, 0.05) is 27.8 Å². The first-order chi connectivity index (χ1) is 12.0. The summed E-state index contributed by atoms with van der Waals surface area (Å²) in [5, 5.41) is 0. The zero-order valence-corrected chi connectivity index (χ0v) is 16.0. The topological polar surface area (TPSA) is 26.3 Å². The van der Waals surface area contributed by atoms with Crippen LogP contribution in [0.4, 0.5) is 0 Å². The number of hydrogen-bond acceptors (Lipinski definition) is 2. The van der Waals surface area contributed by atoms with Crippen LogP contribution in [0.5, 0.6) is 0 Å². The Bertz CT molecular complexity index is 838. The quantitative estimate of drug-likeness (QED) is 0.512. The van der Waals surface area contributed by atoms with Crippen molar-refractivity contribution in [2.75, 3.05) is 6.61 Å². The SMILES string of the molecule is CC1(C)OC[C@H]2C1=C[C@@H](C(=O)c1ccccc1Br)[C@@H]2c1ccccc1. The fourth-order valence-electron chi connectivity index (χ4n) is 4.28. The second kappa shape index (κ2) is 6.22. The van der Waals surface area contributed by atoms with Crippen molar-refractivity contribution in [3.05, 3.63) is 81.8 Å². The molecule has 25 heavy (non-hydrogen) atoms. The number of benzene rings is 2. The van der Waals surface area contributed by atoms with Crippen LogP contribution < -0.4 is 0 Å². The smallest absolute Gasteiger partial charge is 0.171 e. The number of Topliss-reactive ketones (excluding diaryl/α,β-unsaturated/α-hetero) is 1. The van der Waals surface area contributed by atoms with E-state index in [0.717, 1.165) is 10.0 Å². The minimum atomic E-state index is -0.291. The third-order valence-corrected chi connectivity index (χ3v) is 6.22. The van der Waals surface area contributed by atoms with Gasteiger partial charge in [0.15, 0.2) is 5.78 Å². The van der Waals surface area contributed by atoms with E-state index < -0.39 is 0 Å². The summed E-state index contributed by atoms with van der Waals surface area (Å²) in [7, 11) is 0. The van der Waals surface area contributed by atoms with Gasteiger partial charge < -0.3 is 4.74 Å². The maximum Gasteiger partial charge on any atom is 0.171 e. The van der Waals surface area contributed by atoms with E-state index in [1.165, 1.54) is 11.1 Å². The van der Waals surface area contributed by atoms with E-state index in [-0.39, 0.29) is 29.1 Å². The molecule has 0 bridgehead atoms. The molecule has 1 heterocycles. The predicted octanol–water partition coefficient (Wildman–Crippen LogP) is 5.40. The first kappa shape index (κ1) is 16.7. The second-order valence-corrected chi connectivity index (χ2v) is 8.21. The molecule has 128 valence electrons. The Morgan fingerprint density at radius 2 is 1.76 bits per heavy atom. The standard InChI is InChI=1S/C22H21BrO2/c1-22(2)18-12-16(21(24)15-10-6-7-11-19(15)23)20(17(18)13-25-22)14-8-4-3-5-9-14/h3-12,16-17,20H,13H2,1-2H3/t16-,17+,20+/m1/s1. The van der Waals surface area contributed by atoms with Crippen molar-refractivity contribution in [3.8, 4) is 0 Å². The van der Waals surface area contributed by atoms with Gasteiger partial charge in [-0.1, -0.05) is 70.5 Å². The summed E-state index contributed by atoms with van der Waals surface area (Å²) in [5.41, 5.74) is 2.95. The van der Waals surface area contributed by atoms with E-state index in [0.29, 0.717) is 6.61 Å². The molecule has 2 aliphatic rings. The van der Waals surface area contributed by atoms with Gasteiger partial charge in [0.25, 0.3) is 0 Å². The number of ketones is 1. The monoisotopic (exact) mass is 396 g/mol. The molecule has 2 aromatic carbocycles. The zero-order chi connectivity index (χ0) is 17.6. The van der Waals surface area contributed by atoms with Crippen LogP contribution in [0, 0.1) is 11.8 Å². The Labute approximate surface area is 157 Å². The lowest BCUT2D eigenvalue weighted by Gasteiger charge is -2.24. The van der Waals surface area contributed by atoms with Gasteiger partial charge >= 0.3 is 0 Å². The zero-order valence-electron chi connectivity index (χ0n) is 14.4. The summed E-state index contributed by atoms with van der Waals surface area (Å²) in [4.78, 5) is 13.4. The number of carbonyl (C=O) groups excluding carboxylic acids is 1. The second-order valence-electron chi connectivity index (χ2n) is 7.36. The van der Waals surface area contributed by atoms with E-state index in [1.807, 2.05) is 42.5 Å². The minimum absolute atomic E-state index is 0.137. The van der Waals surface area contributed by atoms with Crippen LogP contribution in [0.25, 0.3) is 0 Å². The van der Waals surface area contributed by atoms with Gasteiger partial charge in [-0.3, -0.25) is 4.79 Å². The Balaban J connectivity index is 1.79. The molecule has 1 fully saturated rings. The molecule has 1 saturated heterocycles. The van der Waals surface area contributed by atoms with Gasteiger partial charge in [-0.15, -0.1) is 0 Å². The van der Waals surface area contributed by atoms with E-state index >= 15 is 0 Å². The van der Waals surface area contributed by atoms with Gasteiger partial charge in [-0.05, 0) is 31.1 Å². The van der Waals surface area contributed by atoms with Crippen molar-refractivity contribution >= 4 is 21.7 Å². The number of carbonyl (C=O) groups is 1. The Hall–Kier alpha value is -1.71. The van der Waals surface area contributed by atoms with Crippen LogP contribution in [0.1, 0.15) is 35.7 Å². The average molecular weight is 397 g/mol. The van der Waals surface area contributed by atoms with Crippen LogP contribution in [0.15, 0.2) is 70.7 Å². The third-order valence-electron chi connectivity index (χ3n) is 5.52. The van der Waals surface area contributed by atoms with E-state index in [9.17, 15) is 4.79 Å². The van der Waals surface area contributed by atoms with Crippen molar-refractivity contribution in [2.45, 2.75) is 25.4 Å². The minimum Gasteiger partial charge on any atom is -0.371 e. The molecule has 0 aromatic heterocycles. The van der Waals surface area contributed by atoms with E-state index in [4.69, 9.17) is 4.74 Å². The van der Waals surface area contributed by atoms with Crippen molar-refractivity contribution in [3.63, 3.8) is 0 Å². The highest BCUT2D eigenvalue weighted by atomic mass is 79.9. The fraction of sp³-hybridized carbons (Fsp3) is 0.318. The van der Waals surface area contributed by atoms with Crippen molar-refractivity contribution < 1.29 is 9.53 Å². The third kappa shape index (κ3) is 2.80. The summed E-state index contributed by atoms with van der Waals surface area (Å²) in [6.45, 7) is 4.89. The molecular formula is C22H21BrO2. The van der Waals surface area contributed by atoms with Gasteiger partial charge in [0.05, 0.1) is 12.2 Å². The summed E-state index contributed by atoms with van der Waals surface area (Å²) in [6.07, 6.45) is 2.18. The van der Waals surface area contributed by atoms with Gasteiger partial charge in [-0.25, -0.2) is 0 Å². The van der Waals surface area contributed by atoms with Crippen LogP contribution in [0.3, 0.4) is 0 Å². The number of rotatable bonds is 3. The first-order valence-corrected chi connectivity index (χ1v) is 9.48. The highest BCUT2D eigenvalue weighted by Gasteiger charge is 2.50. The largest absolute Gasteiger partial charge is 0.371 e. The van der Waals surface area contributed by atoms with Gasteiger partial charge in [-0.2, -0.15) is 0 Å². The van der Waals surface area contributed by atoms with Gasteiger partial charge in [0.2, 0.25) is 0 Å². The van der Waals surface area contributed by atoms with Crippen molar-refractivity contribution in [1.29, 1.82) is 0 Å². The Morgan fingerprint density at radius 1 is 1.08 bits per heavy atom. The molecule has 0 spiro atoms. The number of halogens is 1. The molecule has 4 rings (SSSR count). The summed E-state index contributed by atoms with van der Waals surface area (Å²) >= 11 is 3.54. The van der Waals surface area contributed by atoms with Crippen molar-refractivity contribution in [1.82, 2.24) is 0 Å². The van der Waals surface area contributed by atoms with Crippen molar-refractivity contribution in [2.24, 2.45) is 11.8 Å². The molecule has 0 amide bonds. The number of fused-ring (bicyclic) bond motifs is 1. The lowest BCUT2D eigenvalue weighted by Crippen LogP contribution is -2.23. The highest BCUT2D eigenvalue weighted by molar-refractivity contribution is 9.10. The summed E-state index contributed by atoms with van der Waals surface area (Å²) < 4.78 is 6.89. The van der Waals surface area contributed by atoms with Gasteiger partial charge in [0.1, 0.15) is 0 Å². The number of allylic oxidation sites excluding steroid dienone is 1. The molecule has 0 N–H and O–H groups in total. The number of hydrogen-bond donors (Lipinski definition) is 0. The van der Waals surface area contributed by atoms with Crippen LogP contribution in [-0.4, -0.2) is 18.0 Å². The lowest BCUT2D eigenvalue weighted by molar-refractivity contribution is 0.0454. The molecule has 3 atom stereocenters. The highest BCUT2D eigenvalue weighted by Crippen LogP contribution is 2.52. The first-order valence-electron chi connectivity index (χ1n) is 8.69. The molecule has 0 saturated carbocycles. The summed E-state index contributed by atoms with van der Waals surface area (Å²) in [5.74, 6) is 0.440. The molecule has 0 unspecified atom stereocenters. The Kier molecular flexibility index (Phi) is 4.17.